The van der Waals surface area contributed by atoms with E-state index in [0.29, 0.717) is 0 Å². The van der Waals surface area contributed by atoms with E-state index in [4.69, 9.17) is 0 Å². The first kappa shape index (κ1) is 37.3. The second-order valence-corrected chi connectivity index (χ2v) is 18.5. The van der Waals surface area contributed by atoms with Crippen molar-refractivity contribution < 1.29 is 0 Å². The summed E-state index contributed by atoms with van der Waals surface area (Å²) in [7, 11) is 0. The van der Waals surface area contributed by atoms with E-state index in [1.54, 1.807) is 0 Å². The van der Waals surface area contributed by atoms with E-state index >= 15 is 0 Å². The summed E-state index contributed by atoms with van der Waals surface area (Å²) in [6.45, 7) is 9.60. The molecule has 0 saturated heterocycles. The Labute approximate surface area is 361 Å². The SMILES string of the molecule is CC1(C)c2cc(CCC(c3ccc(-c4ccccc4)cc3)c3ccc4c(c3)C(C)(C)c3ccccc3-4)ccc2-c2ccc(-c3ccc(-c4ccc5ccccc5c4)cc3)cc21. The zero-order chi connectivity index (χ0) is 41.3. The van der Waals surface area contributed by atoms with Crippen LogP contribution in [0.1, 0.15) is 79.0 Å². The van der Waals surface area contributed by atoms with Crippen molar-refractivity contribution in [3.05, 3.63) is 239 Å². The maximum Gasteiger partial charge on any atom is 0.0159 e. The maximum absolute atomic E-state index is 2.53. The predicted octanol–water partition coefficient (Wildman–Crippen LogP) is 16.2. The van der Waals surface area contributed by atoms with Crippen LogP contribution in [0.15, 0.2) is 200 Å². The number of hydrogen-bond acceptors (Lipinski definition) is 0. The monoisotopic (exact) mass is 782 g/mol. The quantitative estimate of drug-likeness (QED) is 0.144. The number of hydrogen-bond donors (Lipinski definition) is 0. The van der Waals surface area contributed by atoms with Gasteiger partial charge in [-0.1, -0.05) is 216 Å². The highest BCUT2D eigenvalue weighted by molar-refractivity contribution is 5.88. The summed E-state index contributed by atoms with van der Waals surface area (Å²) in [6.07, 6.45) is 2.03. The molecule has 0 bridgehead atoms. The Kier molecular flexibility index (Phi) is 8.83. The van der Waals surface area contributed by atoms with Gasteiger partial charge in [-0.15, -0.1) is 0 Å². The Hall–Kier alpha value is -6.76. The summed E-state index contributed by atoms with van der Waals surface area (Å²) in [5.74, 6) is 0.267. The molecular formula is C61H50. The average Bonchev–Trinajstić information content (AvgIpc) is 3.68. The zero-order valence-corrected chi connectivity index (χ0v) is 35.5. The van der Waals surface area contributed by atoms with Gasteiger partial charge >= 0.3 is 0 Å². The van der Waals surface area contributed by atoms with Gasteiger partial charge in [-0.2, -0.15) is 0 Å². The van der Waals surface area contributed by atoms with Crippen molar-refractivity contribution in [3.8, 4) is 55.6 Å². The van der Waals surface area contributed by atoms with E-state index in [-0.39, 0.29) is 16.7 Å². The molecule has 0 spiro atoms. The highest BCUT2D eigenvalue weighted by Gasteiger charge is 2.37. The van der Waals surface area contributed by atoms with E-state index in [0.717, 1.165) is 12.8 Å². The van der Waals surface area contributed by atoms with Crippen molar-refractivity contribution in [2.75, 3.05) is 0 Å². The molecule has 0 N–H and O–H groups in total. The van der Waals surface area contributed by atoms with E-state index in [9.17, 15) is 0 Å². The minimum Gasteiger partial charge on any atom is -0.0622 e. The first-order chi connectivity index (χ1) is 29.7. The smallest absolute Gasteiger partial charge is 0.0159 e. The Morgan fingerprint density at radius 2 is 0.803 bits per heavy atom. The normalized spacial score (nSPS) is 14.6. The number of fused-ring (bicyclic) bond motifs is 7. The van der Waals surface area contributed by atoms with Crippen LogP contribution in [0.3, 0.4) is 0 Å². The molecule has 0 saturated carbocycles. The maximum atomic E-state index is 2.53. The van der Waals surface area contributed by atoms with Crippen LogP contribution in [-0.4, -0.2) is 0 Å². The molecule has 2 aliphatic rings. The van der Waals surface area contributed by atoms with Gasteiger partial charge in [-0.05, 0) is 130 Å². The molecule has 0 amide bonds. The van der Waals surface area contributed by atoms with Crippen LogP contribution < -0.4 is 0 Å². The summed E-state index contributed by atoms with van der Waals surface area (Å²) in [5.41, 5.74) is 22.8. The molecule has 9 aromatic carbocycles. The fraction of sp³-hybridized carbons (Fsp3) is 0.148. The van der Waals surface area contributed by atoms with Crippen molar-refractivity contribution in [3.63, 3.8) is 0 Å². The van der Waals surface area contributed by atoms with Gasteiger partial charge in [0, 0.05) is 16.7 Å². The fourth-order valence-electron chi connectivity index (χ4n) is 10.7. The lowest BCUT2D eigenvalue weighted by Gasteiger charge is -2.25. The molecule has 0 aliphatic heterocycles. The minimum atomic E-state index is -0.102. The summed E-state index contributed by atoms with van der Waals surface area (Å²) in [5, 5.41) is 2.55. The second kappa shape index (κ2) is 14.5. The third-order valence-corrected chi connectivity index (χ3v) is 14.2. The van der Waals surface area contributed by atoms with Crippen LogP contribution in [0, 0.1) is 0 Å². The van der Waals surface area contributed by atoms with E-state index < -0.39 is 0 Å². The molecule has 2 aliphatic carbocycles. The summed E-state index contributed by atoms with van der Waals surface area (Å²) in [6, 6.07) is 75.3. The van der Waals surface area contributed by atoms with Crippen LogP contribution in [-0.2, 0) is 17.3 Å². The van der Waals surface area contributed by atoms with Gasteiger partial charge in [-0.25, -0.2) is 0 Å². The van der Waals surface area contributed by atoms with Gasteiger partial charge in [0.1, 0.15) is 0 Å². The lowest BCUT2D eigenvalue weighted by Crippen LogP contribution is -2.16. The standard InChI is InChI=1S/C61H50/c1-60(2)56-17-11-10-16-52(56)54-35-31-50(39-59(54)60)51(46-27-24-43(25-28-46)41-12-6-5-7-13-41)32-18-40-19-33-53-55-34-30-49(38-58(55)61(3,4)57(53)36-40)45-22-20-44(21-23-45)48-29-26-42-14-8-9-15-47(42)37-48/h5-17,19-31,33-39,51H,18,32H2,1-4H3. The van der Waals surface area contributed by atoms with Crippen LogP contribution >= 0.6 is 0 Å². The third kappa shape index (κ3) is 6.36. The number of rotatable bonds is 8. The Morgan fingerprint density at radius 1 is 0.328 bits per heavy atom. The largest absolute Gasteiger partial charge is 0.0622 e. The first-order valence-corrected chi connectivity index (χ1v) is 22.0. The molecular weight excluding hydrogens is 733 g/mol. The topological polar surface area (TPSA) is 0 Å². The minimum absolute atomic E-state index is 0.0363. The van der Waals surface area contributed by atoms with E-state index in [1.165, 1.54) is 105 Å². The molecule has 11 rings (SSSR count). The molecule has 0 aromatic heterocycles. The molecule has 61 heavy (non-hydrogen) atoms. The molecule has 0 heteroatoms. The van der Waals surface area contributed by atoms with Crippen LogP contribution in [0.2, 0.25) is 0 Å². The predicted molar refractivity (Wildman–Crippen MR) is 258 cm³/mol. The molecule has 0 nitrogen and oxygen atoms in total. The number of benzene rings is 9. The van der Waals surface area contributed by atoms with Crippen molar-refractivity contribution in [1.29, 1.82) is 0 Å². The van der Waals surface area contributed by atoms with Crippen LogP contribution in [0.4, 0.5) is 0 Å². The lowest BCUT2D eigenvalue weighted by molar-refractivity contribution is 0.652. The van der Waals surface area contributed by atoms with E-state index in [1.807, 2.05) is 0 Å². The van der Waals surface area contributed by atoms with Crippen molar-refractivity contribution in [1.82, 2.24) is 0 Å². The van der Waals surface area contributed by atoms with Crippen molar-refractivity contribution in [2.24, 2.45) is 0 Å². The highest BCUT2D eigenvalue weighted by Crippen LogP contribution is 2.52. The van der Waals surface area contributed by atoms with Gasteiger partial charge in [-0.3, -0.25) is 0 Å². The van der Waals surface area contributed by atoms with Gasteiger partial charge in [0.2, 0.25) is 0 Å². The summed E-state index contributed by atoms with van der Waals surface area (Å²) < 4.78 is 0. The molecule has 294 valence electrons. The number of aryl methyl sites for hydroxylation is 1. The van der Waals surface area contributed by atoms with Crippen molar-refractivity contribution >= 4 is 10.8 Å². The molecule has 0 radical (unpaired) electrons. The van der Waals surface area contributed by atoms with Gasteiger partial charge in [0.05, 0.1) is 0 Å². The fourth-order valence-corrected chi connectivity index (χ4v) is 10.7. The molecule has 0 fully saturated rings. The molecule has 9 aromatic rings. The van der Waals surface area contributed by atoms with Crippen LogP contribution in [0.5, 0.6) is 0 Å². The second-order valence-electron chi connectivity index (χ2n) is 18.5. The van der Waals surface area contributed by atoms with Crippen LogP contribution in [0.25, 0.3) is 66.4 Å². The highest BCUT2D eigenvalue weighted by atomic mass is 14.4. The lowest BCUT2D eigenvalue weighted by atomic mass is 9.79. The Balaban J connectivity index is 0.881. The molecule has 0 heterocycles. The van der Waals surface area contributed by atoms with E-state index in [2.05, 4.69) is 228 Å². The summed E-state index contributed by atoms with van der Waals surface area (Å²) in [4.78, 5) is 0. The third-order valence-electron chi connectivity index (χ3n) is 14.2. The zero-order valence-electron chi connectivity index (χ0n) is 35.5. The van der Waals surface area contributed by atoms with Gasteiger partial charge in [0.25, 0.3) is 0 Å². The van der Waals surface area contributed by atoms with Gasteiger partial charge < -0.3 is 0 Å². The first-order valence-electron chi connectivity index (χ1n) is 22.0. The van der Waals surface area contributed by atoms with Gasteiger partial charge in [0.15, 0.2) is 0 Å². The van der Waals surface area contributed by atoms with Crippen molar-refractivity contribution in [2.45, 2.75) is 57.3 Å². The Morgan fingerprint density at radius 3 is 1.56 bits per heavy atom. The molecule has 1 atom stereocenters. The molecule has 1 unspecified atom stereocenters. The average molecular weight is 783 g/mol. The Bertz CT molecular complexity index is 3110. The summed E-state index contributed by atoms with van der Waals surface area (Å²) >= 11 is 0.